The summed E-state index contributed by atoms with van der Waals surface area (Å²) in [7, 11) is 0. The van der Waals surface area contributed by atoms with Crippen LogP contribution in [0.25, 0.3) is 0 Å². The molecule has 108 valence electrons. The number of piperidine rings is 1. The quantitative estimate of drug-likeness (QED) is 0.675. The van der Waals surface area contributed by atoms with Gasteiger partial charge in [-0.05, 0) is 32.4 Å². The fourth-order valence-corrected chi connectivity index (χ4v) is 2.65. The molecular weight excluding hydrogens is 238 g/mol. The van der Waals surface area contributed by atoms with Crippen molar-refractivity contribution < 1.29 is 4.79 Å². The zero-order valence-electron chi connectivity index (χ0n) is 11.9. The third kappa shape index (κ3) is 5.17. The molecule has 1 aliphatic heterocycles. The molecule has 1 saturated heterocycles. The average Bonchev–Trinajstić information content (AvgIpc) is 2.41. The average molecular weight is 265 g/mol. The smallest absolute Gasteiger partial charge is 0.237 e. The highest BCUT2D eigenvalue weighted by molar-refractivity contribution is 5.78. The fraction of sp³-hybridized carbons (Fsp3) is 0.667. The summed E-state index contributed by atoms with van der Waals surface area (Å²) >= 11 is 0. The molecule has 1 amide bonds. The van der Waals surface area contributed by atoms with E-state index in [-0.39, 0.29) is 5.91 Å². The molecule has 0 aromatic rings. The number of amides is 1. The molecule has 1 unspecified atom stereocenters. The molecule has 2 N–H and O–H groups in total. The second-order valence-electron chi connectivity index (χ2n) is 5.07. The number of likely N-dealkylation sites (tertiary alicyclic amines) is 1. The summed E-state index contributed by atoms with van der Waals surface area (Å²) in [6.45, 7) is 10.8. The van der Waals surface area contributed by atoms with E-state index in [0.717, 1.165) is 19.4 Å². The lowest BCUT2D eigenvalue weighted by Gasteiger charge is -2.36. The molecule has 1 aliphatic rings. The molecule has 0 radical (unpaired) electrons. The summed E-state index contributed by atoms with van der Waals surface area (Å²) in [5, 5.41) is 0. The highest BCUT2D eigenvalue weighted by atomic mass is 16.2. The van der Waals surface area contributed by atoms with Crippen molar-refractivity contribution in [3.8, 4) is 0 Å². The van der Waals surface area contributed by atoms with E-state index in [0.29, 0.717) is 32.2 Å². The standard InChI is InChI=1S/C15H27N3O/c1-3-10-17(11-4-2)15(19)13-18-12-6-5-7-14(18)8-9-16/h3-4,14H,1-2,5-13,16H2. The lowest BCUT2D eigenvalue weighted by Crippen LogP contribution is -2.47. The monoisotopic (exact) mass is 265 g/mol. The topological polar surface area (TPSA) is 49.6 Å². The van der Waals surface area contributed by atoms with Crippen LogP contribution in [0.1, 0.15) is 25.7 Å². The Labute approximate surface area is 116 Å². The SMILES string of the molecule is C=CCN(CC=C)C(=O)CN1CCCCC1CCN. The van der Waals surface area contributed by atoms with Crippen molar-refractivity contribution in [2.24, 2.45) is 5.73 Å². The van der Waals surface area contributed by atoms with Crippen LogP contribution in [0.3, 0.4) is 0 Å². The number of nitrogens with zero attached hydrogens (tertiary/aromatic N) is 2. The Morgan fingerprint density at radius 2 is 2.00 bits per heavy atom. The molecule has 0 aliphatic carbocycles. The molecule has 0 aromatic carbocycles. The minimum absolute atomic E-state index is 0.156. The van der Waals surface area contributed by atoms with Crippen LogP contribution in [-0.4, -0.2) is 54.5 Å². The van der Waals surface area contributed by atoms with Crippen molar-refractivity contribution in [2.75, 3.05) is 32.7 Å². The first-order chi connectivity index (χ1) is 9.22. The van der Waals surface area contributed by atoms with Gasteiger partial charge >= 0.3 is 0 Å². The summed E-state index contributed by atoms with van der Waals surface area (Å²) in [4.78, 5) is 16.4. The van der Waals surface area contributed by atoms with Crippen LogP contribution in [0, 0.1) is 0 Å². The summed E-state index contributed by atoms with van der Waals surface area (Å²) < 4.78 is 0. The van der Waals surface area contributed by atoms with Crippen molar-refractivity contribution in [1.29, 1.82) is 0 Å². The van der Waals surface area contributed by atoms with Gasteiger partial charge in [-0.25, -0.2) is 0 Å². The van der Waals surface area contributed by atoms with Gasteiger partial charge in [0.2, 0.25) is 5.91 Å². The largest absolute Gasteiger partial charge is 0.334 e. The third-order valence-corrected chi connectivity index (χ3v) is 3.64. The Morgan fingerprint density at radius 3 is 2.58 bits per heavy atom. The van der Waals surface area contributed by atoms with Crippen LogP contribution in [0.4, 0.5) is 0 Å². The Morgan fingerprint density at radius 1 is 1.32 bits per heavy atom. The maximum absolute atomic E-state index is 12.3. The predicted molar refractivity (Wildman–Crippen MR) is 79.9 cm³/mol. The molecule has 0 spiro atoms. The highest BCUT2D eigenvalue weighted by Gasteiger charge is 2.24. The maximum atomic E-state index is 12.3. The van der Waals surface area contributed by atoms with E-state index in [2.05, 4.69) is 18.1 Å². The summed E-state index contributed by atoms with van der Waals surface area (Å²) in [6.07, 6.45) is 8.09. The van der Waals surface area contributed by atoms with Crippen LogP contribution in [0.2, 0.25) is 0 Å². The number of hydrogen-bond donors (Lipinski definition) is 1. The van der Waals surface area contributed by atoms with E-state index in [1.165, 1.54) is 12.8 Å². The Bertz CT molecular complexity index is 292. The van der Waals surface area contributed by atoms with Crippen molar-refractivity contribution >= 4 is 5.91 Å². The normalized spacial score (nSPS) is 19.9. The van der Waals surface area contributed by atoms with Crippen molar-refractivity contribution in [1.82, 2.24) is 9.80 Å². The minimum atomic E-state index is 0.156. The fourth-order valence-electron chi connectivity index (χ4n) is 2.65. The highest BCUT2D eigenvalue weighted by Crippen LogP contribution is 2.19. The summed E-state index contributed by atoms with van der Waals surface area (Å²) in [5.41, 5.74) is 5.66. The minimum Gasteiger partial charge on any atom is -0.334 e. The van der Waals surface area contributed by atoms with E-state index in [9.17, 15) is 4.79 Å². The van der Waals surface area contributed by atoms with Crippen LogP contribution in [-0.2, 0) is 4.79 Å². The first kappa shape index (κ1) is 15.9. The number of carbonyl (C=O) groups is 1. The van der Waals surface area contributed by atoms with Gasteiger partial charge in [0.05, 0.1) is 6.54 Å². The maximum Gasteiger partial charge on any atom is 0.237 e. The van der Waals surface area contributed by atoms with Crippen LogP contribution in [0.5, 0.6) is 0 Å². The molecule has 1 rings (SSSR count). The van der Waals surface area contributed by atoms with E-state index in [1.807, 2.05) is 0 Å². The van der Waals surface area contributed by atoms with E-state index >= 15 is 0 Å². The van der Waals surface area contributed by atoms with Gasteiger partial charge in [-0.1, -0.05) is 18.6 Å². The van der Waals surface area contributed by atoms with Gasteiger partial charge in [0.25, 0.3) is 0 Å². The summed E-state index contributed by atoms with van der Waals surface area (Å²) in [6, 6.07) is 0.469. The van der Waals surface area contributed by atoms with Gasteiger partial charge in [0, 0.05) is 19.1 Å². The predicted octanol–water partition coefficient (Wildman–Crippen LogP) is 1.39. The molecule has 1 fully saturated rings. The molecule has 1 atom stereocenters. The third-order valence-electron chi connectivity index (χ3n) is 3.64. The Hall–Kier alpha value is -1.13. The van der Waals surface area contributed by atoms with Gasteiger partial charge in [-0.3, -0.25) is 9.69 Å². The van der Waals surface area contributed by atoms with Gasteiger partial charge in [0.1, 0.15) is 0 Å². The molecule has 0 aromatic heterocycles. The summed E-state index contributed by atoms with van der Waals surface area (Å²) in [5.74, 6) is 0.156. The first-order valence-corrected chi connectivity index (χ1v) is 7.16. The lowest BCUT2D eigenvalue weighted by molar-refractivity contribution is -0.132. The second kappa shape index (κ2) is 8.88. The number of rotatable bonds is 8. The molecule has 0 bridgehead atoms. The molecule has 0 saturated carbocycles. The second-order valence-corrected chi connectivity index (χ2v) is 5.07. The zero-order valence-corrected chi connectivity index (χ0v) is 11.9. The van der Waals surface area contributed by atoms with E-state index < -0.39 is 0 Å². The zero-order chi connectivity index (χ0) is 14.1. The van der Waals surface area contributed by atoms with Crippen molar-refractivity contribution in [3.05, 3.63) is 25.3 Å². The van der Waals surface area contributed by atoms with Gasteiger partial charge in [0.15, 0.2) is 0 Å². The lowest BCUT2D eigenvalue weighted by atomic mass is 9.99. The van der Waals surface area contributed by atoms with Gasteiger partial charge < -0.3 is 10.6 Å². The van der Waals surface area contributed by atoms with Crippen LogP contribution < -0.4 is 5.73 Å². The number of hydrogen-bond acceptors (Lipinski definition) is 3. The molecular formula is C15H27N3O. The van der Waals surface area contributed by atoms with Crippen LogP contribution in [0.15, 0.2) is 25.3 Å². The van der Waals surface area contributed by atoms with Gasteiger partial charge in [-0.15, -0.1) is 13.2 Å². The number of carbonyl (C=O) groups excluding carboxylic acids is 1. The number of nitrogens with two attached hydrogens (primary N) is 1. The van der Waals surface area contributed by atoms with E-state index in [4.69, 9.17) is 5.73 Å². The Balaban J connectivity index is 2.55. The Kier molecular flexibility index (Phi) is 7.45. The van der Waals surface area contributed by atoms with Crippen molar-refractivity contribution in [3.63, 3.8) is 0 Å². The first-order valence-electron chi connectivity index (χ1n) is 7.16. The van der Waals surface area contributed by atoms with Crippen LogP contribution >= 0.6 is 0 Å². The van der Waals surface area contributed by atoms with E-state index in [1.54, 1.807) is 17.1 Å². The van der Waals surface area contributed by atoms with Gasteiger partial charge in [-0.2, -0.15) is 0 Å². The molecule has 1 heterocycles. The molecule has 19 heavy (non-hydrogen) atoms. The molecule has 4 nitrogen and oxygen atoms in total. The molecule has 4 heteroatoms. The van der Waals surface area contributed by atoms with Crippen molar-refractivity contribution in [2.45, 2.75) is 31.7 Å².